The van der Waals surface area contributed by atoms with Crippen LogP contribution in [-0.4, -0.2) is 18.7 Å². The molecule has 0 fully saturated rings. The zero-order chi connectivity index (χ0) is 18.7. The van der Waals surface area contributed by atoms with Gasteiger partial charge in [-0.1, -0.05) is 19.1 Å². The van der Waals surface area contributed by atoms with E-state index in [9.17, 15) is 14.4 Å². The third-order valence-corrected chi connectivity index (χ3v) is 5.01. The van der Waals surface area contributed by atoms with Gasteiger partial charge in [-0.05, 0) is 24.1 Å². The van der Waals surface area contributed by atoms with Crippen molar-refractivity contribution in [3.63, 3.8) is 0 Å². The number of hydrogen-bond donors (Lipinski definition) is 0. The molecule has 0 aliphatic heterocycles. The molecule has 4 rings (SSSR count). The predicted molar refractivity (Wildman–Crippen MR) is 102 cm³/mol. The Labute approximate surface area is 147 Å². The Morgan fingerprint density at radius 1 is 0.923 bits per heavy atom. The second kappa shape index (κ2) is 5.39. The smallest absolute Gasteiger partial charge is 0.296 e. The Kier molecular flexibility index (Phi) is 3.37. The molecule has 0 unspecified atom stereocenters. The topological polar surface area (TPSA) is 78.9 Å². The lowest BCUT2D eigenvalue weighted by Gasteiger charge is -2.13. The van der Waals surface area contributed by atoms with Gasteiger partial charge in [0.25, 0.3) is 11.1 Å². The molecule has 0 atom stereocenters. The summed E-state index contributed by atoms with van der Waals surface area (Å²) in [6.45, 7) is 2.05. The fourth-order valence-electron chi connectivity index (χ4n) is 3.50. The van der Waals surface area contributed by atoms with E-state index < -0.39 is 11.2 Å². The quantitative estimate of drug-likeness (QED) is 0.382. The fraction of sp³-hybridized carbons (Fsp3) is 0.263. The van der Waals surface area contributed by atoms with Crippen LogP contribution in [0.2, 0.25) is 0 Å². The predicted octanol–water partition coefficient (Wildman–Crippen LogP) is 1.20. The van der Waals surface area contributed by atoms with E-state index >= 15 is 0 Å². The molecule has 0 spiro atoms. The Hall–Kier alpha value is -3.22. The van der Waals surface area contributed by atoms with Crippen LogP contribution in [0, 0.1) is 0 Å². The maximum atomic E-state index is 12.9. The molecule has 0 saturated heterocycles. The first kappa shape index (κ1) is 16.3. The van der Waals surface area contributed by atoms with E-state index in [0.717, 1.165) is 27.5 Å². The van der Waals surface area contributed by atoms with Crippen LogP contribution >= 0.6 is 0 Å². The monoisotopic (exact) mass is 350 g/mol. The van der Waals surface area contributed by atoms with Gasteiger partial charge in [0, 0.05) is 26.5 Å². The highest BCUT2D eigenvalue weighted by Crippen LogP contribution is 2.22. The highest BCUT2D eigenvalue weighted by Gasteiger charge is 2.18. The van der Waals surface area contributed by atoms with Crippen molar-refractivity contribution in [2.45, 2.75) is 13.3 Å². The molecule has 132 valence electrons. The number of hydrogen-bond acceptors (Lipinski definition) is 4. The first-order valence-corrected chi connectivity index (χ1v) is 8.37. The molecule has 3 heterocycles. The van der Waals surface area contributed by atoms with Crippen LogP contribution in [0.15, 0.2) is 38.6 Å². The van der Waals surface area contributed by atoms with Crippen molar-refractivity contribution in [3.05, 3.63) is 61.0 Å². The molecular formula is C19H18N4O3. The molecule has 0 amide bonds. The van der Waals surface area contributed by atoms with E-state index in [1.807, 2.05) is 18.2 Å². The van der Waals surface area contributed by atoms with Crippen molar-refractivity contribution in [2.75, 3.05) is 0 Å². The highest BCUT2D eigenvalue weighted by atomic mass is 16.2. The van der Waals surface area contributed by atoms with Gasteiger partial charge in [-0.3, -0.25) is 23.3 Å². The summed E-state index contributed by atoms with van der Waals surface area (Å²) in [4.78, 5) is 42.6. The first-order chi connectivity index (χ1) is 12.3. The zero-order valence-corrected chi connectivity index (χ0v) is 15.0. The van der Waals surface area contributed by atoms with E-state index in [0.29, 0.717) is 10.9 Å². The average Bonchev–Trinajstić information content (AvgIpc) is 2.65. The van der Waals surface area contributed by atoms with E-state index in [1.165, 1.54) is 16.2 Å². The number of benzene rings is 1. The van der Waals surface area contributed by atoms with E-state index in [1.54, 1.807) is 20.2 Å². The molecule has 0 radical (unpaired) electrons. The molecule has 7 nitrogen and oxygen atoms in total. The number of aromatic nitrogens is 4. The Balaban J connectivity index is 2.38. The van der Waals surface area contributed by atoms with E-state index in [-0.39, 0.29) is 16.6 Å². The average molecular weight is 350 g/mol. The molecule has 26 heavy (non-hydrogen) atoms. The summed E-state index contributed by atoms with van der Waals surface area (Å²) in [6, 6.07) is 7.67. The molecule has 1 aromatic carbocycles. The summed E-state index contributed by atoms with van der Waals surface area (Å²) < 4.78 is 3.70. The second-order valence-corrected chi connectivity index (χ2v) is 6.53. The summed E-state index contributed by atoms with van der Waals surface area (Å²) in [5.74, 6) is 0. The van der Waals surface area contributed by atoms with E-state index in [2.05, 4.69) is 11.9 Å². The summed E-state index contributed by atoms with van der Waals surface area (Å²) in [7, 11) is 4.54. The third-order valence-electron chi connectivity index (χ3n) is 5.01. The maximum absolute atomic E-state index is 12.9. The van der Waals surface area contributed by atoms with E-state index in [4.69, 9.17) is 0 Å². The van der Waals surface area contributed by atoms with Crippen molar-refractivity contribution in [1.82, 2.24) is 18.7 Å². The number of aryl methyl sites for hydroxylation is 3. The van der Waals surface area contributed by atoms with Crippen molar-refractivity contribution >= 4 is 32.8 Å². The Morgan fingerprint density at radius 2 is 1.65 bits per heavy atom. The molecular weight excluding hydrogens is 332 g/mol. The van der Waals surface area contributed by atoms with Gasteiger partial charge in [-0.2, -0.15) is 0 Å². The summed E-state index contributed by atoms with van der Waals surface area (Å²) in [5.41, 5.74) is 1.23. The van der Waals surface area contributed by atoms with Crippen molar-refractivity contribution in [2.24, 2.45) is 21.1 Å². The molecule has 4 aromatic rings. The summed E-state index contributed by atoms with van der Waals surface area (Å²) >= 11 is 0. The number of fused-ring (bicyclic) bond motifs is 4. The van der Waals surface area contributed by atoms with Crippen LogP contribution in [0.1, 0.15) is 12.5 Å². The largest absolute Gasteiger partial charge is 0.332 e. The standard InChI is InChI=1S/C19H18N4O3/c1-5-10-6-7-11-9-12-15(20-13(11)8-10)14-16(21(2)17(12)24)22(3)19(26)23(4)18(14)25/h6-9H,5H2,1-4H3. The minimum atomic E-state index is -0.481. The van der Waals surface area contributed by atoms with Gasteiger partial charge in [0.15, 0.2) is 0 Å². The molecule has 0 saturated carbocycles. The van der Waals surface area contributed by atoms with Crippen LogP contribution in [0.3, 0.4) is 0 Å². The molecule has 3 aromatic heterocycles. The van der Waals surface area contributed by atoms with Gasteiger partial charge in [-0.25, -0.2) is 9.78 Å². The van der Waals surface area contributed by atoms with Crippen LogP contribution in [0.5, 0.6) is 0 Å². The van der Waals surface area contributed by atoms with Crippen molar-refractivity contribution < 1.29 is 0 Å². The van der Waals surface area contributed by atoms with Crippen LogP contribution in [-0.2, 0) is 27.6 Å². The first-order valence-electron chi connectivity index (χ1n) is 8.37. The minimum Gasteiger partial charge on any atom is -0.296 e. The fourth-order valence-corrected chi connectivity index (χ4v) is 3.50. The van der Waals surface area contributed by atoms with Crippen LogP contribution in [0.25, 0.3) is 32.8 Å². The highest BCUT2D eigenvalue weighted by molar-refractivity contribution is 6.05. The Bertz CT molecular complexity index is 1410. The number of rotatable bonds is 1. The van der Waals surface area contributed by atoms with Crippen LogP contribution < -0.4 is 16.8 Å². The third kappa shape index (κ3) is 2.00. The van der Waals surface area contributed by atoms with Crippen molar-refractivity contribution in [3.8, 4) is 0 Å². The van der Waals surface area contributed by atoms with Crippen LogP contribution in [0.4, 0.5) is 0 Å². The number of nitrogens with zero attached hydrogens (tertiary/aromatic N) is 4. The maximum Gasteiger partial charge on any atom is 0.332 e. The van der Waals surface area contributed by atoms with Crippen molar-refractivity contribution in [1.29, 1.82) is 0 Å². The zero-order valence-electron chi connectivity index (χ0n) is 15.0. The van der Waals surface area contributed by atoms with Gasteiger partial charge in [-0.15, -0.1) is 0 Å². The summed E-state index contributed by atoms with van der Waals surface area (Å²) in [6.07, 6.45) is 0.864. The molecule has 7 heteroatoms. The molecule has 0 N–H and O–H groups in total. The SMILES string of the molecule is CCc1ccc2cc3c(=O)n(C)c4c(c(=O)n(C)c(=O)n4C)c3nc2c1. The lowest BCUT2D eigenvalue weighted by atomic mass is 10.1. The lowest BCUT2D eigenvalue weighted by molar-refractivity contribution is 0.691. The van der Waals surface area contributed by atoms with Gasteiger partial charge in [0.1, 0.15) is 11.0 Å². The molecule has 0 aliphatic carbocycles. The lowest BCUT2D eigenvalue weighted by Crippen LogP contribution is -2.39. The normalized spacial score (nSPS) is 11.7. The second-order valence-electron chi connectivity index (χ2n) is 6.53. The molecule has 0 bridgehead atoms. The van der Waals surface area contributed by atoms with Gasteiger partial charge in [0.2, 0.25) is 0 Å². The number of pyridine rings is 2. The molecule has 0 aliphatic rings. The van der Waals surface area contributed by atoms with Gasteiger partial charge < -0.3 is 0 Å². The van der Waals surface area contributed by atoms with Gasteiger partial charge >= 0.3 is 5.69 Å². The Morgan fingerprint density at radius 3 is 2.35 bits per heavy atom. The van der Waals surface area contributed by atoms with Gasteiger partial charge in [0.05, 0.1) is 16.4 Å². The minimum absolute atomic E-state index is 0.272. The summed E-state index contributed by atoms with van der Waals surface area (Å²) in [5, 5.41) is 1.48.